The lowest BCUT2D eigenvalue weighted by atomic mass is 9.76. The first-order chi connectivity index (χ1) is 12.9. The largest absolute Gasteiger partial charge is 0.303 e. The van der Waals surface area contributed by atoms with Crippen LogP contribution in [-0.2, 0) is 4.79 Å². The van der Waals surface area contributed by atoms with Crippen LogP contribution in [0.4, 0.5) is 0 Å². The molecule has 2 unspecified atom stereocenters. The standard InChI is InChI=1S/C25H45NO/c1-18(2)23-9-10-24(17-23)21-12-15-26(16-13-21)14-11-20-5-7-22(8-6-20)25(27)19(3)4/h18-24H,5-17H2,1-4H3. The Hall–Kier alpha value is -0.370. The van der Waals surface area contributed by atoms with Gasteiger partial charge in [0.2, 0.25) is 0 Å². The molecule has 1 aliphatic heterocycles. The minimum absolute atomic E-state index is 0.225. The van der Waals surface area contributed by atoms with Crippen LogP contribution in [0.25, 0.3) is 0 Å². The monoisotopic (exact) mass is 375 g/mol. The number of piperidine rings is 1. The fraction of sp³-hybridized carbons (Fsp3) is 0.960. The highest BCUT2D eigenvalue weighted by Crippen LogP contribution is 2.42. The molecule has 0 radical (unpaired) electrons. The zero-order valence-corrected chi connectivity index (χ0v) is 18.6. The third-order valence-corrected chi connectivity index (χ3v) is 8.43. The van der Waals surface area contributed by atoms with E-state index in [9.17, 15) is 4.79 Å². The zero-order chi connectivity index (χ0) is 19.4. The Morgan fingerprint density at radius 3 is 2.07 bits per heavy atom. The molecule has 2 nitrogen and oxygen atoms in total. The van der Waals surface area contributed by atoms with Gasteiger partial charge in [-0.2, -0.15) is 0 Å². The van der Waals surface area contributed by atoms with Gasteiger partial charge in [0.25, 0.3) is 0 Å². The van der Waals surface area contributed by atoms with Crippen LogP contribution in [0.2, 0.25) is 0 Å². The minimum atomic E-state index is 0.225. The second-order valence-electron chi connectivity index (χ2n) is 10.8. The van der Waals surface area contributed by atoms with Gasteiger partial charge in [0.1, 0.15) is 5.78 Å². The Morgan fingerprint density at radius 2 is 1.52 bits per heavy atom. The summed E-state index contributed by atoms with van der Waals surface area (Å²) < 4.78 is 0. The van der Waals surface area contributed by atoms with Crippen LogP contribution in [0.15, 0.2) is 0 Å². The first-order valence-electron chi connectivity index (χ1n) is 12.2. The Labute approximate surface area is 168 Å². The van der Waals surface area contributed by atoms with Gasteiger partial charge in [-0.1, -0.05) is 27.7 Å². The van der Waals surface area contributed by atoms with E-state index in [0.29, 0.717) is 11.7 Å². The molecule has 1 heterocycles. The topological polar surface area (TPSA) is 20.3 Å². The van der Waals surface area contributed by atoms with Gasteiger partial charge in [-0.25, -0.2) is 0 Å². The summed E-state index contributed by atoms with van der Waals surface area (Å²) in [7, 11) is 0. The quantitative estimate of drug-likeness (QED) is 0.528. The molecule has 3 aliphatic rings. The summed E-state index contributed by atoms with van der Waals surface area (Å²) in [5.41, 5.74) is 0. The molecule has 2 saturated carbocycles. The van der Waals surface area contributed by atoms with Crippen molar-refractivity contribution in [3.05, 3.63) is 0 Å². The number of hydrogen-bond donors (Lipinski definition) is 0. The number of ketones is 1. The van der Waals surface area contributed by atoms with Crippen LogP contribution in [0.5, 0.6) is 0 Å². The van der Waals surface area contributed by atoms with Gasteiger partial charge in [0, 0.05) is 11.8 Å². The summed E-state index contributed by atoms with van der Waals surface area (Å²) in [5.74, 6) is 5.94. The van der Waals surface area contributed by atoms with E-state index < -0.39 is 0 Å². The van der Waals surface area contributed by atoms with Crippen molar-refractivity contribution in [1.29, 1.82) is 0 Å². The van der Waals surface area contributed by atoms with Gasteiger partial charge < -0.3 is 4.90 Å². The van der Waals surface area contributed by atoms with E-state index in [4.69, 9.17) is 0 Å². The molecule has 1 saturated heterocycles. The second-order valence-corrected chi connectivity index (χ2v) is 10.8. The fourth-order valence-corrected chi connectivity index (χ4v) is 6.31. The van der Waals surface area contributed by atoms with Crippen molar-refractivity contribution >= 4 is 5.78 Å². The SMILES string of the molecule is CC(C)C(=O)C1CCC(CCN2CCC(C3CCC(C(C)C)C3)CC2)CC1. The highest BCUT2D eigenvalue weighted by atomic mass is 16.1. The lowest BCUT2D eigenvalue weighted by molar-refractivity contribution is -0.127. The molecule has 2 atom stereocenters. The van der Waals surface area contributed by atoms with Crippen LogP contribution in [0.3, 0.4) is 0 Å². The third-order valence-electron chi connectivity index (χ3n) is 8.43. The van der Waals surface area contributed by atoms with E-state index in [-0.39, 0.29) is 5.92 Å². The molecular formula is C25H45NO. The van der Waals surface area contributed by atoms with Crippen molar-refractivity contribution in [1.82, 2.24) is 4.90 Å². The number of hydrogen-bond acceptors (Lipinski definition) is 2. The molecule has 3 rings (SSSR count). The zero-order valence-electron chi connectivity index (χ0n) is 18.6. The van der Waals surface area contributed by atoms with E-state index >= 15 is 0 Å². The number of rotatable bonds is 7. The van der Waals surface area contributed by atoms with Crippen LogP contribution in [0.1, 0.15) is 91.9 Å². The third kappa shape index (κ3) is 5.81. The van der Waals surface area contributed by atoms with E-state index in [2.05, 4.69) is 32.6 Å². The molecule has 0 aromatic carbocycles. The fourth-order valence-electron chi connectivity index (χ4n) is 6.31. The number of nitrogens with zero attached hydrogens (tertiary/aromatic N) is 1. The molecule has 0 N–H and O–H groups in total. The molecule has 156 valence electrons. The molecule has 0 amide bonds. The van der Waals surface area contributed by atoms with E-state index in [1.807, 2.05) is 0 Å². The number of carbonyl (C=O) groups is 1. The molecule has 0 spiro atoms. The van der Waals surface area contributed by atoms with Crippen molar-refractivity contribution < 1.29 is 4.79 Å². The summed E-state index contributed by atoms with van der Waals surface area (Å²) in [6.45, 7) is 13.0. The molecule has 2 heteroatoms. The maximum Gasteiger partial charge on any atom is 0.138 e. The first-order valence-corrected chi connectivity index (χ1v) is 12.2. The van der Waals surface area contributed by atoms with Crippen molar-refractivity contribution in [2.24, 2.45) is 41.4 Å². The summed E-state index contributed by atoms with van der Waals surface area (Å²) in [6, 6.07) is 0. The predicted molar refractivity (Wildman–Crippen MR) is 115 cm³/mol. The Kier molecular flexibility index (Phi) is 7.83. The van der Waals surface area contributed by atoms with Gasteiger partial charge in [-0.05, 0) is 113 Å². The number of likely N-dealkylation sites (tertiary alicyclic amines) is 1. The molecular weight excluding hydrogens is 330 g/mol. The Balaban J connectivity index is 1.31. The highest BCUT2D eigenvalue weighted by Gasteiger charge is 2.34. The van der Waals surface area contributed by atoms with E-state index in [1.54, 1.807) is 0 Å². The van der Waals surface area contributed by atoms with Gasteiger partial charge >= 0.3 is 0 Å². The average molecular weight is 376 g/mol. The van der Waals surface area contributed by atoms with Crippen molar-refractivity contribution in [3.8, 4) is 0 Å². The molecule has 0 aromatic heterocycles. The van der Waals surface area contributed by atoms with Crippen molar-refractivity contribution in [3.63, 3.8) is 0 Å². The molecule has 3 fully saturated rings. The molecule has 2 aliphatic carbocycles. The predicted octanol–water partition coefficient (Wildman–Crippen LogP) is 6.19. The van der Waals surface area contributed by atoms with Gasteiger partial charge in [0.15, 0.2) is 0 Å². The van der Waals surface area contributed by atoms with Crippen molar-refractivity contribution in [2.75, 3.05) is 19.6 Å². The summed E-state index contributed by atoms with van der Waals surface area (Å²) >= 11 is 0. The number of carbonyl (C=O) groups excluding carboxylic acids is 1. The van der Waals surface area contributed by atoms with E-state index in [1.165, 1.54) is 71.0 Å². The maximum absolute atomic E-state index is 12.2. The van der Waals surface area contributed by atoms with Gasteiger partial charge in [-0.3, -0.25) is 4.79 Å². The smallest absolute Gasteiger partial charge is 0.138 e. The number of Topliss-reactive ketones (excluding diaryl/α,β-unsaturated/α-hetero) is 1. The second kappa shape index (κ2) is 9.90. The summed E-state index contributed by atoms with van der Waals surface area (Å²) in [5, 5.41) is 0. The maximum atomic E-state index is 12.2. The van der Waals surface area contributed by atoms with Gasteiger partial charge in [0.05, 0.1) is 0 Å². The highest BCUT2D eigenvalue weighted by molar-refractivity contribution is 5.82. The molecule has 27 heavy (non-hydrogen) atoms. The normalized spacial score (nSPS) is 33.9. The van der Waals surface area contributed by atoms with E-state index in [0.717, 1.165) is 42.4 Å². The van der Waals surface area contributed by atoms with Crippen LogP contribution in [0, 0.1) is 41.4 Å². The summed E-state index contributed by atoms with van der Waals surface area (Å²) in [4.78, 5) is 14.9. The summed E-state index contributed by atoms with van der Waals surface area (Å²) in [6.07, 6.45) is 13.7. The average Bonchev–Trinajstić information content (AvgIpc) is 3.17. The minimum Gasteiger partial charge on any atom is -0.303 e. The van der Waals surface area contributed by atoms with Crippen LogP contribution in [-0.4, -0.2) is 30.3 Å². The van der Waals surface area contributed by atoms with Crippen molar-refractivity contribution in [2.45, 2.75) is 91.9 Å². The Bertz CT molecular complexity index is 455. The molecule has 0 aromatic rings. The van der Waals surface area contributed by atoms with Gasteiger partial charge in [-0.15, -0.1) is 0 Å². The lowest BCUT2D eigenvalue weighted by Crippen LogP contribution is -2.37. The molecule has 0 bridgehead atoms. The van der Waals surface area contributed by atoms with Crippen LogP contribution < -0.4 is 0 Å². The first kappa shape index (κ1) is 21.3. The van der Waals surface area contributed by atoms with Crippen LogP contribution >= 0.6 is 0 Å². The Morgan fingerprint density at radius 1 is 0.852 bits per heavy atom. The lowest BCUT2D eigenvalue weighted by Gasteiger charge is -2.36.